The van der Waals surface area contributed by atoms with Gasteiger partial charge in [0.1, 0.15) is 0 Å². The van der Waals surface area contributed by atoms with Crippen LogP contribution >= 0.6 is 0 Å². The molecule has 0 rings (SSSR count). The Morgan fingerprint density at radius 2 is 0.522 bits per heavy atom. The van der Waals surface area contributed by atoms with Crippen molar-refractivity contribution in [1.29, 1.82) is 0 Å². The second-order valence-corrected chi connectivity index (χ2v) is 22.2. The van der Waals surface area contributed by atoms with Crippen molar-refractivity contribution in [3.63, 3.8) is 0 Å². The quantitative estimate of drug-likeness (QED) is 0.0447. The number of hydrogen-bond acceptors (Lipinski definition) is 8. The fourth-order valence-electron chi connectivity index (χ4n) is 8.11. The zero-order valence-corrected chi connectivity index (χ0v) is 47.5. The number of unbranched alkanes of at least 4 members (excludes halogenated alkanes) is 40. The van der Waals surface area contributed by atoms with Crippen LogP contribution < -0.4 is 19.7 Å². The second-order valence-electron chi connectivity index (χ2n) is 18.9. The third kappa shape index (κ3) is 65.5. The topological polar surface area (TPSA) is 173 Å². The van der Waals surface area contributed by atoms with E-state index in [1.54, 1.807) is 12.2 Å². The minimum Gasteiger partial charge on any atom is -0.550 e. The van der Waals surface area contributed by atoms with Gasteiger partial charge in [-0.3, -0.25) is 0 Å². The Labute approximate surface area is 444 Å². The number of sulfonamides is 2. The van der Waals surface area contributed by atoms with E-state index >= 15 is 0 Å². The van der Waals surface area contributed by atoms with Crippen molar-refractivity contribution in [3.8, 4) is 0 Å². The van der Waals surface area contributed by atoms with Crippen LogP contribution in [0.2, 0.25) is 0 Å². The van der Waals surface area contributed by atoms with Gasteiger partial charge >= 0.3 is 37.7 Å². The maximum Gasteiger partial charge on any atom is 2.00 e. The summed E-state index contributed by atoms with van der Waals surface area (Å²) in [7, 11) is -7.05. The molecule has 0 aromatic carbocycles. The van der Waals surface area contributed by atoms with E-state index in [2.05, 4.69) is 23.3 Å². The van der Waals surface area contributed by atoms with E-state index in [0.717, 1.165) is 49.3 Å². The molecule has 0 heterocycles. The van der Waals surface area contributed by atoms with E-state index in [1.165, 1.54) is 231 Å². The molecule has 0 amide bonds. The van der Waals surface area contributed by atoms with Crippen molar-refractivity contribution in [3.05, 3.63) is 23.0 Å². The Hall–Kier alpha value is -0.500. The van der Waals surface area contributed by atoms with Gasteiger partial charge in [-0.2, -0.15) is 0 Å². The van der Waals surface area contributed by atoms with E-state index in [9.17, 15) is 36.6 Å². The van der Waals surface area contributed by atoms with Gasteiger partial charge < -0.3 is 19.8 Å². The maximum absolute atomic E-state index is 11.6. The molecular formula is C54H104CaN2O8S2. The zero-order chi connectivity index (χ0) is 48.9. The molecule has 13 heteroatoms. The number of aliphatic carboxylic acids is 2. The molecule has 10 nitrogen and oxygen atoms in total. The number of allylic oxidation sites excluding steroid dienone is 2. The predicted molar refractivity (Wildman–Crippen MR) is 282 cm³/mol. The summed E-state index contributed by atoms with van der Waals surface area (Å²) in [6, 6.07) is 0. The molecule has 392 valence electrons. The first-order valence-electron chi connectivity index (χ1n) is 27.7. The fourth-order valence-corrected chi connectivity index (χ4v) is 9.86. The van der Waals surface area contributed by atoms with E-state index in [-0.39, 0.29) is 63.7 Å². The fraction of sp³-hybridized carbons (Fsp3) is 0.889. The van der Waals surface area contributed by atoms with Crippen LogP contribution in [0.3, 0.4) is 0 Å². The normalized spacial score (nSPS) is 11.9. The number of rotatable bonds is 52. The van der Waals surface area contributed by atoms with Gasteiger partial charge in [0.2, 0.25) is 20.0 Å². The summed E-state index contributed by atoms with van der Waals surface area (Å²) >= 11 is 0. The van der Waals surface area contributed by atoms with Gasteiger partial charge in [0, 0.05) is 48.7 Å². The van der Waals surface area contributed by atoms with Crippen LogP contribution in [0, 0.1) is 0 Å². The summed E-state index contributed by atoms with van der Waals surface area (Å²) < 4.78 is 50.9. The molecule has 0 saturated heterocycles. The third-order valence-electron chi connectivity index (χ3n) is 12.3. The molecule has 67 heavy (non-hydrogen) atoms. The molecule has 0 aromatic heterocycles. The van der Waals surface area contributed by atoms with Crippen molar-refractivity contribution in [2.45, 2.75) is 296 Å². The van der Waals surface area contributed by atoms with E-state index in [1.807, 2.05) is 0 Å². The van der Waals surface area contributed by atoms with Gasteiger partial charge in [0.05, 0.1) is 0 Å². The molecule has 0 fully saturated rings. The molecule has 0 bridgehead atoms. The molecule has 0 radical (unpaired) electrons. The molecule has 0 aromatic rings. The Morgan fingerprint density at radius 1 is 0.343 bits per heavy atom. The SMILES string of the molecule is CCCCCCCCCCCCCCCCCCCCCC/C=C/S(=O)(=O)NCCC(=O)[O-].CCCCCCCCCCCCCCCCCCCCCC/C=C/S(=O)(=O)NCCC(=O)[O-].[Ca+2]. The van der Waals surface area contributed by atoms with Gasteiger partial charge in [-0.1, -0.05) is 270 Å². The van der Waals surface area contributed by atoms with Crippen molar-refractivity contribution < 1.29 is 36.6 Å². The Kier molecular flexibility index (Phi) is 59.6. The first kappa shape index (κ1) is 70.8. The van der Waals surface area contributed by atoms with E-state index in [4.69, 9.17) is 0 Å². The summed E-state index contributed by atoms with van der Waals surface area (Å²) in [6.07, 6.45) is 58.2. The van der Waals surface area contributed by atoms with Crippen LogP contribution in [-0.4, -0.2) is 79.6 Å². The molecule has 0 aliphatic heterocycles. The summed E-state index contributed by atoms with van der Waals surface area (Å²) in [5, 5.41) is 22.8. The van der Waals surface area contributed by atoms with Crippen molar-refractivity contribution >= 4 is 69.7 Å². The van der Waals surface area contributed by atoms with Crippen molar-refractivity contribution in [1.82, 2.24) is 9.44 Å². The minimum absolute atomic E-state index is 0. The average Bonchev–Trinajstić information content (AvgIpc) is 3.27. The van der Waals surface area contributed by atoms with Gasteiger partial charge in [0.25, 0.3) is 0 Å². The first-order valence-corrected chi connectivity index (χ1v) is 30.8. The molecule has 0 aliphatic rings. The predicted octanol–water partition coefficient (Wildman–Crippen LogP) is 13.2. The number of carbonyl (C=O) groups is 2. The number of nitrogens with one attached hydrogen (secondary N) is 2. The van der Waals surface area contributed by atoms with Crippen LogP contribution in [0.4, 0.5) is 0 Å². The summed E-state index contributed by atoms with van der Waals surface area (Å²) in [5.41, 5.74) is 0. The minimum atomic E-state index is -3.52. The van der Waals surface area contributed by atoms with Crippen LogP contribution in [0.5, 0.6) is 0 Å². The number of carboxylic acids is 2. The van der Waals surface area contributed by atoms with Crippen LogP contribution in [0.15, 0.2) is 23.0 Å². The van der Waals surface area contributed by atoms with Gasteiger partial charge in [-0.05, 0) is 25.7 Å². The number of hydrogen-bond donors (Lipinski definition) is 2. The Balaban J connectivity index is -0.00000120. The number of carboxylic acid groups (broad SMARTS) is 2. The molecule has 2 N–H and O–H groups in total. The summed E-state index contributed by atoms with van der Waals surface area (Å²) in [6.45, 7) is 4.29. The second kappa shape index (κ2) is 56.4. The summed E-state index contributed by atoms with van der Waals surface area (Å²) in [4.78, 5) is 20.6. The Morgan fingerprint density at radius 3 is 0.701 bits per heavy atom. The average molecular weight is 1010 g/mol. The van der Waals surface area contributed by atoms with Gasteiger partial charge in [-0.25, -0.2) is 26.3 Å². The van der Waals surface area contributed by atoms with Crippen molar-refractivity contribution in [2.24, 2.45) is 0 Å². The van der Waals surface area contributed by atoms with Crippen molar-refractivity contribution in [2.75, 3.05) is 13.1 Å². The van der Waals surface area contributed by atoms with E-state index < -0.39 is 32.0 Å². The molecule has 0 aliphatic carbocycles. The third-order valence-corrected chi connectivity index (χ3v) is 14.6. The Bertz CT molecular complexity index is 1230. The largest absolute Gasteiger partial charge is 2.00 e. The monoisotopic (exact) mass is 1010 g/mol. The first-order chi connectivity index (χ1) is 32.0. The van der Waals surface area contributed by atoms with Gasteiger partial charge in [0.15, 0.2) is 0 Å². The smallest absolute Gasteiger partial charge is 0.550 e. The van der Waals surface area contributed by atoms with Crippen LogP contribution in [-0.2, 0) is 29.6 Å². The zero-order valence-electron chi connectivity index (χ0n) is 43.6. The summed E-state index contributed by atoms with van der Waals surface area (Å²) in [5.74, 6) is -2.52. The van der Waals surface area contributed by atoms with Crippen LogP contribution in [0.1, 0.15) is 296 Å². The number of carbonyl (C=O) groups excluding carboxylic acids is 2. The van der Waals surface area contributed by atoms with Crippen LogP contribution in [0.25, 0.3) is 0 Å². The molecule has 0 unspecified atom stereocenters. The van der Waals surface area contributed by atoms with Gasteiger partial charge in [-0.15, -0.1) is 0 Å². The molecule has 0 atom stereocenters. The van der Waals surface area contributed by atoms with E-state index in [0.29, 0.717) is 0 Å². The maximum atomic E-state index is 11.6. The molecular weight excluding hydrogens is 909 g/mol. The molecule has 0 saturated carbocycles. The molecule has 0 spiro atoms. The standard InChI is InChI=1S/2C27H53NO4S.Ca/c2*1-2-3-4-5-6-7-8-9-10-11-12-13-14-15-16-17-18-19-20-21-22-23-26-33(31,32)28-25-24-27(29)30;/h2*23,26,28H,2-22,24-25H2,1H3,(H,29,30);/q;;+2/p-2/b2*26-23+;.